The zero-order valence-electron chi connectivity index (χ0n) is 10.5. The Hall–Kier alpha value is -0.0800. The molecule has 0 amide bonds. The van der Waals surface area contributed by atoms with Crippen molar-refractivity contribution in [1.82, 2.24) is 4.90 Å². The summed E-state index contributed by atoms with van der Waals surface area (Å²) < 4.78 is 0. The molecule has 1 fully saturated rings. The summed E-state index contributed by atoms with van der Waals surface area (Å²) in [6.45, 7) is 4.40. The molecule has 0 aromatic rings. The minimum Gasteiger partial charge on any atom is -0.330 e. The second-order valence-electron chi connectivity index (χ2n) is 5.04. The molecule has 1 aliphatic carbocycles. The molecule has 2 nitrogen and oxygen atoms in total. The van der Waals surface area contributed by atoms with Crippen LogP contribution in [0.15, 0.2) is 0 Å². The lowest BCUT2D eigenvalue weighted by Gasteiger charge is -2.37. The van der Waals surface area contributed by atoms with E-state index in [1.165, 1.54) is 51.5 Å². The van der Waals surface area contributed by atoms with E-state index in [0.29, 0.717) is 0 Å². The van der Waals surface area contributed by atoms with Crippen LogP contribution in [0.2, 0.25) is 0 Å². The van der Waals surface area contributed by atoms with Crippen LogP contribution in [0, 0.1) is 5.92 Å². The molecule has 0 saturated heterocycles. The third-order valence-corrected chi connectivity index (χ3v) is 3.85. The van der Waals surface area contributed by atoms with Crippen LogP contribution in [0.1, 0.15) is 51.9 Å². The van der Waals surface area contributed by atoms with E-state index in [1.54, 1.807) is 0 Å². The van der Waals surface area contributed by atoms with E-state index >= 15 is 0 Å². The minimum atomic E-state index is 0.755. The topological polar surface area (TPSA) is 29.3 Å². The average molecular weight is 212 g/mol. The van der Waals surface area contributed by atoms with Gasteiger partial charge in [-0.05, 0) is 45.3 Å². The van der Waals surface area contributed by atoms with Crippen molar-refractivity contribution < 1.29 is 0 Å². The first kappa shape index (κ1) is 13.0. The van der Waals surface area contributed by atoms with Crippen LogP contribution in [0.3, 0.4) is 0 Å². The Kier molecular flexibility index (Phi) is 6.26. The molecule has 1 aliphatic rings. The maximum absolute atomic E-state index is 5.86. The lowest BCUT2D eigenvalue weighted by Crippen LogP contribution is -2.43. The van der Waals surface area contributed by atoms with Gasteiger partial charge in [0.25, 0.3) is 0 Å². The van der Waals surface area contributed by atoms with Crippen LogP contribution in [-0.2, 0) is 0 Å². The molecule has 2 unspecified atom stereocenters. The average Bonchev–Trinajstić information content (AvgIpc) is 2.29. The summed E-state index contributed by atoms with van der Waals surface area (Å²) in [5, 5.41) is 0. The lowest BCUT2D eigenvalue weighted by atomic mass is 9.83. The van der Waals surface area contributed by atoms with Crippen molar-refractivity contribution in [3.63, 3.8) is 0 Å². The predicted octanol–water partition coefficient (Wildman–Crippen LogP) is 2.63. The molecule has 1 rings (SSSR count). The number of nitrogens with two attached hydrogens (primary N) is 1. The smallest absolute Gasteiger partial charge is 0.0132 e. The van der Waals surface area contributed by atoms with E-state index < -0.39 is 0 Å². The van der Waals surface area contributed by atoms with Crippen LogP contribution < -0.4 is 5.73 Å². The summed E-state index contributed by atoms with van der Waals surface area (Å²) in [5.74, 6) is 0.755. The summed E-state index contributed by atoms with van der Waals surface area (Å²) in [6, 6.07) is 0.764. The zero-order valence-corrected chi connectivity index (χ0v) is 10.5. The molecule has 2 atom stereocenters. The van der Waals surface area contributed by atoms with E-state index in [0.717, 1.165) is 18.5 Å². The minimum absolute atomic E-state index is 0.755. The van der Waals surface area contributed by atoms with Crippen LogP contribution in [0.4, 0.5) is 0 Å². The first-order chi connectivity index (χ1) is 7.29. The maximum Gasteiger partial charge on any atom is 0.0132 e. The van der Waals surface area contributed by atoms with Crippen molar-refractivity contribution in [2.75, 3.05) is 20.1 Å². The van der Waals surface area contributed by atoms with Gasteiger partial charge in [0.1, 0.15) is 0 Å². The summed E-state index contributed by atoms with van der Waals surface area (Å²) in [6.07, 6.45) is 9.54. The molecule has 0 spiro atoms. The Labute approximate surface area is 95.2 Å². The second-order valence-corrected chi connectivity index (χ2v) is 5.04. The van der Waals surface area contributed by atoms with Crippen molar-refractivity contribution in [3.05, 3.63) is 0 Å². The Morgan fingerprint density at radius 3 is 2.60 bits per heavy atom. The van der Waals surface area contributed by atoms with E-state index in [9.17, 15) is 0 Å². The van der Waals surface area contributed by atoms with Gasteiger partial charge in [-0.3, -0.25) is 0 Å². The Balaban J connectivity index is 2.31. The summed E-state index contributed by atoms with van der Waals surface area (Å²) in [7, 11) is 2.29. The molecular formula is C13H28N2. The van der Waals surface area contributed by atoms with Gasteiger partial charge >= 0.3 is 0 Å². The van der Waals surface area contributed by atoms with Gasteiger partial charge in [0, 0.05) is 6.04 Å². The highest BCUT2D eigenvalue weighted by Gasteiger charge is 2.26. The van der Waals surface area contributed by atoms with Crippen molar-refractivity contribution >= 4 is 0 Å². The SMILES string of the molecule is CCCCCN(C)C1CCCCC1CN. The fraction of sp³-hybridized carbons (Fsp3) is 1.00. The fourth-order valence-electron chi connectivity index (χ4n) is 2.82. The largest absolute Gasteiger partial charge is 0.330 e. The van der Waals surface area contributed by atoms with Crippen LogP contribution >= 0.6 is 0 Å². The molecule has 90 valence electrons. The Bertz CT molecular complexity index is 159. The van der Waals surface area contributed by atoms with Gasteiger partial charge in [-0.15, -0.1) is 0 Å². The van der Waals surface area contributed by atoms with Gasteiger partial charge in [0.2, 0.25) is 0 Å². The molecule has 2 heteroatoms. The first-order valence-electron chi connectivity index (χ1n) is 6.70. The van der Waals surface area contributed by atoms with Gasteiger partial charge < -0.3 is 10.6 Å². The van der Waals surface area contributed by atoms with Gasteiger partial charge in [-0.1, -0.05) is 32.6 Å². The van der Waals surface area contributed by atoms with Crippen LogP contribution in [0.5, 0.6) is 0 Å². The molecule has 0 aromatic heterocycles. The van der Waals surface area contributed by atoms with E-state index in [1.807, 2.05) is 0 Å². The van der Waals surface area contributed by atoms with E-state index in [4.69, 9.17) is 5.73 Å². The van der Waals surface area contributed by atoms with E-state index in [2.05, 4.69) is 18.9 Å². The Morgan fingerprint density at radius 1 is 1.20 bits per heavy atom. The van der Waals surface area contributed by atoms with Crippen LogP contribution in [-0.4, -0.2) is 31.1 Å². The van der Waals surface area contributed by atoms with Crippen molar-refractivity contribution in [1.29, 1.82) is 0 Å². The van der Waals surface area contributed by atoms with Crippen molar-refractivity contribution in [2.45, 2.75) is 57.9 Å². The molecular weight excluding hydrogens is 184 g/mol. The summed E-state index contributed by atoms with van der Waals surface area (Å²) in [4.78, 5) is 2.56. The van der Waals surface area contributed by atoms with Gasteiger partial charge in [-0.2, -0.15) is 0 Å². The molecule has 0 bridgehead atoms. The molecule has 15 heavy (non-hydrogen) atoms. The van der Waals surface area contributed by atoms with Crippen molar-refractivity contribution in [3.8, 4) is 0 Å². The summed E-state index contributed by atoms with van der Waals surface area (Å²) >= 11 is 0. The van der Waals surface area contributed by atoms with Gasteiger partial charge in [-0.25, -0.2) is 0 Å². The third-order valence-electron chi connectivity index (χ3n) is 3.85. The highest BCUT2D eigenvalue weighted by atomic mass is 15.1. The molecule has 0 heterocycles. The predicted molar refractivity (Wildman–Crippen MR) is 67.0 cm³/mol. The quantitative estimate of drug-likeness (QED) is 0.686. The highest BCUT2D eigenvalue weighted by Crippen LogP contribution is 2.27. The fourth-order valence-corrected chi connectivity index (χ4v) is 2.82. The normalized spacial score (nSPS) is 27.2. The number of unbranched alkanes of at least 4 members (excludes halogenated alkanes) is 2. The monoisotopic (exact) mass is 212 g/mol. The zero-order chi connectivity index (χ0) is 11.1. The van der Waals surface area contributed by atoms with Gasteiger partial charge in [0.15, 0.2) is 0 Å². The highest BCUT2D eigenvalue weighted by molar-refractivity contribution is 4.82. The molecule has 0 aliphatic heterocycles. The second kappa shape index (κ2) is 7.24. The number of hydrogen-bond acceptors (Lipinski definition) is 2. The molecule has 0 radical (unpaired) electrons. The lowest BCUT2D eigenvalue weighted by molar-refractivity contribution is 0.132. The number of nitrogens with zero attached hydrogens (tertiary/aromatic N) is 1. The van der Waals surface area contributed by atoms with E-state index in [-0.39, 0.29) is 0 Å². The van der Waals surface area contributed by atoms with Gasteiger partial charge in [0.05, 0.1) is 0 Å². The molecule has 1 saturated carbocycles. The Morgan fingerprint density at radius 2 is 1.93 bits per heavy atom. The number of hydrogen-bond donors (Lipinski definition) is 1. The molecule has 2 N–H and O–H groups in total. The number of rotatable bonds is 6. The maximum atomic E-state index is 5.86. The molecule has 0 aromatic carbocycles. The van der Waals surface area contributed by atoms with Crippen LogP contribution in [0.25, 0.3) is 0 Å². The third kappa shape index (κ3) is 4.12. The summed E-state index contributed by atoms with van der Waals surface area (Å²) in [5.41, 5.74) is 5.86. The standard InChI is InChI=1S/C13H28N2/c1-3-4-7-10-15(2)13-9-6-5-8-12(13)11-14/h12-13H,3-11,14H2,1-2H3. The first-order valence-corrected chi connectivity index (χ1v) is 6.70. The van der Waals surface area contributed by atoms with Crippen molar-refractivity contribution in [2.24, 2.45) is 11.7 Å².